The summed E-state index contributed by atoms with van der Waals surface area (Å²) in [6.45, 7) is 1.89. The van der Waals surface area contributed by atoms with E-state index >= 15 is 0 Å². The van der Waals surface area contributed by atoms with Crippen molar-refractivity contribution in [3.05, 3.63) is 45.8 Å². The van der Waals surface area contributed by atoms with Gasteiger partial charge in [0.15, 0.2) is 0 Å². The molecule has 5 nitrogen and oxygen atoms in total. The summed E-state index contributed by atoms with van der Waals surface area (Å²) in [6.07, 6.45) is 3.20. The summed E-state index contributed by atoms with van der Waals surface area (Å²) in [4.78, 5) is 9.04. The quantitative estimate of drug-likeness (QED) is 0.774. The average molecular weight is 344 g/mol. The van der Waals surface area contributed by atoms with Crippen LogP contribution in [0, 0.1) is 6.92 Å². The maximum absolute atomic E-state index is 4.63. The van der Waals surface area contributed by atoms with Crippen LogP contribution in [0.3, 0.4) is 0 Å². The van der Waals surface area contributed by atoms with Crippen LogP contribution in [-0.2, 0) is 12.8 Å². The van der Waals surface area contributed by atoms with E-state index in [1.807, 2.05) is 35.7 Å². The molecular formula is C15H14BrN5. The number of nitrogens with one attached hydrogen (secondary N) is 1. The molecule has 106 valence electrons. The molecule has 0 spiro atoms. The van der Waals surface area contributed by atoms with Gasteiger partial charge in [-0.2, -0.15) is 9.50 Å². The van der Waals surface area contributed by atoms with Gasteiger partial charge in [-0.05, 0) is 50.5 Å². The molecule has 21 heavy (non-hydrogen) atoms. The van der Waals surface area contributed by atoms with Crippen molar-refractivity contribution < 1.29 is 0 Å². The molecule has 0 unspecified atom stereocenters. The van der Waals surface area contributed by atoms with E-state index in [9.17, 15) is 0 Å². The maximum Gasteiger partial charge on any atom is 0.254 e. The molecule has 1 aromatic carbocycles. The number of hydrogen-bond donors (Lipinski definition) is 1. The first kappa shape index (κ1) is 12.8. The second-order valence-corrected chi connectivity index (χ2v) is 6.16. The first-order valence-electron chi connectivity index (χ1n) is 6.98. The van der Waals surface area contributed by atoms with E-state index < -0.39 is 0 Å². The highest BCUT2D eigenvalue weighted by Gasteiger charge is 2.21. The highest BCUT2D eigenvalue weighted by atomic mass is 79.9. The van der Waals surface area contributed by atoms with Gasteiger partial charge in [-0.15, -0.1) is 5.10 Å². The first-order chi connectivity index (χ1) is 10.2. The van der Waals surface area contributed by atoms with Gasteiger partial charge in [0.25, 0.3) is 5.78 Å². The second-order valence-electron chi connectivity index (χ2n) is 5.24. The molecule has 3 aromatic rings. The molecule has 0 atom stereocenters. The summed E-state index contributed by atoms with van der Waals surface area (Å²) >= 11 is 3.46. The number of fused-ring (bicyclic) bond motifs is 2. The van der Waals surface area contributed by atoms with Gasteiger partial charge in [0.05, 0.1) is 5.69 Å². The molecule has 0 radical (unpaired) electrons. The molecule has 6 heteroatoms. The average Bonchev–Trinajstić information content (AvgIpc) is 3.06. The Morgan fingerprint density at radius 2 is 1.95 bits per heavy atom. The van der Waals surface area contributed by atoms with Crippen molar-refractivity contribution >= 4 is 33.2 Å². The van der Waals surface area contributed by atoms with Crippen LogP contribution in [0.4, 0.5) is 11.5 Å². The first-order valence-corrected chi connectivity index (χ1v) is 7.78. The van der Waals surface area contributed by atoms with Crippen molar-refractivity contribution in [3.8, 4) is 0 Å². The van der Waals surface area contributed by atoms with E-state index in [1.165, 1.54) is 5.56 Å². The number of halogens is 1. The number of benzene rings is 1. The Hall–Kier alpha value is -1.95. The lowest BCUT2D eigenvalue weighted by Crippen LogP contribution is -2.06. The van der Waals surface area contributed by atoms with Gasteiger partial charge in [0.2, 0.25) is 0 Å². The van der Waals surface area contributed by atoms with Crippen LogP contribution in [0.1, 0.15) is 23.5 Å². The van der Waals surface area contributed by atoms with Crippen LogP contribution in [0.15, 0.2) is 28.7 Å². The number of aromatic nitrogens is 4. The summed E-state index contributed by atoms with van der Waals surface area (Å²) in [7, 11) is 0. The molecule has 1 N–H and O–H groups in total. The van der Waals surface area contributed by atoms with Crippen molar-refractivity contribution in [1.82, 2.24) is 19.6 Å². The van der Waals surface area contributed by atoms with Gasteiger partial charge in [0.1, 0.15) is 11.6 Å². The minimum absolute atomic E-state index is 0.674. The zero-order valence-corrected chi connectivity index (χ0v) is 13.2. The van der Waals surface area contributed by atoms with E-state index in [0.29, 0.717) is 5.78 Å². The third-order valence-corrected chi connectivity index (χ3v) is 4.25. The third kappa shape index (κ3) is 2.19. The largest absolute Gasteiger partial charge is 0.340 e. The van der Waals surface area contributed by atoms with E-state index in [0.717, 1.165) is 46.8 Å². The van der Waals surface area contributed by atoms with Crippen molar-refractivity contribution in [3.63, 3.8) is 0 Å². The van der Waals surface area contributed by atoms with Crippen molar-refractivity contribution in [2.75, 3.05) is 5.32 Å². The van der Waals surface area contributed by atoms with Gasteiger partial charge in [-0.3, -0.25) is 0 Å². The van der Waals surface area contributed by atoms with Crippen molar-refractivity contribution in [1.29, 1.82) is 0 Å². The zero-order valence-electron chi connectivity index (χ0n) is 11.6. The number of hydrogen-bond acceptors (Lipinski definition) is 4. The number of nitrogens with zero attached hydrogens (tertiary/aromatic N) is 4. The third-order valence-electron chi connectivity index (χ3n) is 3.72. The van der Waals surface area contributed by atoms with Crippen LogP contribution in [0.25, 0.3) is 5.78 Å². The predicted octanol–water partition coefficient (Wildman–Crippen LogP) is 3.43. The summed E-state index contributed by atoms with van der Waals surface area (Å²) in [5.41, 5.74) is 3.44. The minimum Gasteiger partial charge on any atom is -0.340 e. The Labute approximate surface area is 130 Å². The molecule has 0 fully saturated rings. The maximum atomic E-state index is 4.63. The van der Waals surface area contributed by atoms with Crippen molar-refractivity contribution in [2.45, 2.75) is 26.2 Å². The summed E-state index contributed by atoms with van der Waals surface area (Å²) in [5.74, 6) is 2.41. The van der Waals surface area contributed by atoms with E-state index in [4.69, 9.17) is 0 Å². The lowest BCUT2D eigenvalue weighted by Gasteiger charge is -2.12. The SMILES string of the molecule is Cc1nc2nc3c(c(Nc4ccc(Br)cc4)n2n1)CCC3. The highest BCUT2D eigenvalue weighted by molar-refractivity contribution is 9.10. The Morgan fingerprint density at radius 1 is 1.14 bits per heavy atom. The van der Waals surface area contributed by atoms with Crippen LogP contribution < -0.4 is 5.32 Å². The van der Waals surface area contributed by atoms with Crippen molar-refractivity contribution in [2.24, 2.45) is 0 Å². The lowest BCUT2D eigenvalue weighted by atomic mass is 10.2. The monoisotopic (exact) mass is 343 g/mol. The Balaban J connectivity index is 1.88. The molecule has 4 rings (SSSR count). The van der Waals surface area contributed by atoms with Gasteiger partial charge >= 0.3 is 0 Å². The van der Waals surface area contributed by atoms with Gasteiger partial charge in [-0.1, -0.05) is 15.9 Å². The topological polar surface area (TPSA) is 55.1 Å². The van der Waals surface area contributed by atoms with E-state index in [2.05, 4.69) is 36.3 Å². The van der Waals surface area contributed by atoms with Gasteiger partial charge in [0, 0.05) is 15.7 Å². The fraction of sp³-hybridized carbons (Fsp3) is 0.267. The molecule has 2 aromatic heterocycles. The molecule has 1 aliphatic carbocycles. The smallest absolute Gasteiger partial charge is 0.254 e. The molecule has 1 aliphatic rings. The number of anilines is 2. The fourth-order valence-electron chi connectivity index (χ4n) is 2.78. The summed E-state index contributed by atoms with van der Waals surface area (Å²) in [6, 6.07) is 8.13. The van der Waals surface area contributed by atoms with Crippen LogP contribution in [0.5, 0.6) is 0 Å². The standard InChI is InChI=1S/C15H14BrN5/c1-9-17-15-19-13-4-2-3-12(13)14(21(15)20-9)18-11-7-5-10(16)6-8-11/h5-8,18H,2-4H2,1H3. The van der Waals surface area contributed by atoms with Crippen LogP contribution in [-0.4, -0.2) is 19.6 Å². The van der Waals surface area contributed by atoms with Gasteiger partial charge < -0.3 is 5.32 Å². The van der Waals surface area contributed by atoms with Crippen LogP contribution in [0.2, 0.25) is 0 Å². The zero-order chi connectivity index (χ0) is 14.4. The van der Waals surface area contributed by atoms with E-state index in [1.54, 1.807) is 0 Å². The Bertz CT molecular complexity index is 822. The fourth-order valence-corrected chi connectivity index (χ4v) is 3.04. The predicted molar refractivity (Wildman–Crippen MR) is 85.0 cm³/mol. The lowest BCUT2D eigenvalue weighted by molar-refractivity contribution is 0.899. The Kier molecular flexibility index (Phi) is 2.92. The van der Waals surface area contributed by atoms with Crippen LogP contribution >= 0.6 is 15.9 Å². The van der Waals surface area contributed by atoms with E-state index in [-0.39, 0.29) is 0 Å². The number of aryl methyl sites for hydroxylation is 2. The normalized spacial score (nSPS) is 13.6. The number of rotatable bonds is 2. The molecular weight excluding hydrogens is 330 g/mol. The molecule has 2 heterocycles. The Morgan fingerprint density at radius 3 is 2.76 bits per heavy atom. The van der Waals surface area contributed by atoms with Gasteiger partial charge in [-0.25, -0.2) is 4.98 Å². The molecule has 0 bridgehead atoms. The summed E-state index contributed by atoms with van der Waals surface area (Å²) in [5, 5.41) is 7.96. The highest BCUT2D eigenvalue weighted by Crippen LogP contribution is 2.30. The molecule has 0 aliphatic heterocycles. The molecule has 0 saturated heterocycles. The molecule has 0 saturated carbocycles. The second kappa shape index (κ2) is 4.80. The summed E-state index contributed by atoms with van der Waals surface area (Å²) < 4.78 is 2.89. The molecule has 0 amide bonds. The minimum atomic E-state index is 0.674.